The van der Waals surface area contributed by atoms with Crippen LogP contribution in [-0.2, 0) is 0 Å². The molecule has 0 saturated carbocycles. The van der Waals surface area contributed by atoms with E-state index in [2.05, 4.69) is 72.8 Å². The number of nitrogens with one attached hydrogen (secondary N) is 1. The van der Waals surface area contributed by atoms with Crippen molar-refractivity contribution < 1.29 is 5.11 Å². The van der Waals surface area contributed by atoms with Crippen LogP contribution in [-0.4, -0.2) is 37.1 Å². The van der Waals surface area contributed by atoms with Crippen molar-refractivity contribution in [2.24, 2.45) is 5.92 Å². The molecule has 0 fully saturated rings. The van der Waals surface area contributed by atoms with Crippen molar-refractivity contribution in [3.8, 4) is 0 Å². The molecule has 1 heterocycles. The third kappa shape index (κ3) is 4.86. The molecule has 2 atom stereocenters. The van der Waals surface area contributed by atoms with Crippen LogP contribution in [0.4, 0.5) is 11.4 Å². The Hall–Kier alpha value is -1.78. The maximum Gasteiger partial charge on any atom is 0.105 e. The molecule has 0 saturated heterocycles. The largest absolute Gasteiger partial charge is 0.379 e. The van der Waals surface area contributed by atoms with Crippen molar-refractivity contribution in [1.82, 2.24) is 5.32 Å². The van der Waals surface area contributed by atoms with Gasteiger partial charge in [-0.25, -0.2) is 0 Å². The second-order valence-corrected chi connectivity index (χ2v) is 7.12. The van der Waals surface area contributed by atoms with Gasteiger partial charge in [-0.3, -0.25) is 5.32 Å². The van der Waals surface area contributed by atoms with Crippen LogP contribution in [0.5, 0.6) is 0 Å². The number of anilines is 2. The van der Waals surface area contributed by atoms with Crippen LogP contribution in [0.1, 0.15) is 34.1 Å². The molecule has 0 radical (unpaired) electrons. The topological polar surface area (TPSA) is 38.7 Å². The summed E-state index contributed by atoms with van der Waals surface area (Å²) in [4.78, 5) is 5.01. The summed E-state index contributed by atoms with van der Waals surface area (Å²) in [7, 11) is 0. The fourth-order valence-corrected chi connectivity index (χ4v) is 3.53. The van der Waals surface area contributed by atoms with Gasteiger partial charge in [0.2, 0.25) is 0 Å². The second kappa shape index (κ2) is 9.07. The van der Waals surface area contributed by atoms with Crippen molar-refractivity contribution in [3.05, 3.63) is 48.6 Å². The molecular formula is C21H33N3O. The molecule has 2 N–H and O–H groups in total. The Morgan fingerprint density at radius 1 is 1.24 bits per heavy atom. The van der Waals surface area contributed by atoms with E-state index >= 15 is 0 Å². The molecule has 1 aliphatic heterocycles. The van der Waals surface area contributed by atoms with E-state index in [0.717, 1.165) is 19.5 Å². The molecule has 4 nitrogen and oxygen atoms in total. The zero-order chi connectivity index (χ0) is 18.4. The number of para-hydroxylation sites is 2. The first-order valence-corrected chi connectivity index (χ1v) is 9.32. The predicted octanol–water partition coefficient (Wildman–Crippen LogP) is 3.75. The highest BCUT2D eigenvalue weighted by Crippen LogP contribution is 2.41. The van der Waals surface area contributed by atoms with Crippen molar-refractivity contribution in [2.45, 2.75) is 46.5 Å². The van der Waals surface area contributed by atoms with E-state index in [4.69, 9.17) is 0 Å². The third-order valence-electron chi connectivity index (χ3n) is 4.55. The minimum atomic E-state index is -0.511. The van der Waals surface area contributed by atoms with Crippen LogP contribution in [0.25, 0.3) is 0 Å². The van der Waals surface area contributed by atoms with Gasteiger partial charge in [0.25, 0.3) is 0 Å². The van der Waals surface area contributed by atoms with E-state index < -0.39 is 6.23 Å². The minimum Gasteiger partial charge on any atom is -0.379 e. The summed E-state index contributed by atoms with van der Waals surface area (Å²) in [6.45, 7) is 15.0. The minimum absolute atomic E-state index is 0.298. The van der Waals surface area contributed by atoms with Gasteiger partial charge in [-0.15, -0.1) is 0 Å². The molecule has 1 aliphatic rings. The van der Waals surface area contributed by atoms with E-state index in [1.54, 1.807) is 6.92 Å². The lowest BCUT2D eigenvalue weighted by Crippen LogP contribution is -2.45. The fraction of sp³-hybridized carbons (Fsp3) is 0.524. The first-order chi connectivity index (χ1) is 12.0. The number of aliphatic hydroxyl groups excluding tert-OH is 1. The Balaban J connectivity index is 2.28. The summed E-state index contributed by atoms with van der Waals surface area (Å²) in [5.74, 6) is 0.592. The average Bonchev–Trinajstić information content (AvgIpc) is 2.85. The van der Waals surface area contributed by atoms with Gasteiger partial charge in [0, 0.05) is 26.1 Å². The standard InChI is InChI=1S/C21H33N3O/c1-6-10-18(14-22-17(5)25)13-21-23(7-2)19-11-8-9-12-20(19)24(21)15-16(3)4/h6,8-12,16-17,21-22,25H,1,7,13-15H2,2-5H3/b18-10-. The molecule has 0 bridgehead atoms. The number of rotatable bonds is 9. The Labute approximate surface area is 152 Å². The molecule has 1 aromatic carbocycles. The van der Waals surface area contributed by atoms with Gasteiger partial charge in [-0.1, -0.05) is 50.3 Å². The zero-order valence-corrected chi connectivity index (χ0v) is 16.1. The van der Waals surface area contributed by atoms with Crippen LogP contribution in [0.3, 0.4) is 0 Å². The molecule has 0 aliphatic carbocycles. The molecule has 2 unspecified atom stereocenters. The molecule has 2 rings (SSSR count). The van der Waals surface area contributed by atoms with E-state index in [-0.39, 0.29) is 0 Å². The maximum atomic E-state index is 9.56. The predicted molar refractivity (Wildman–Crippen MR) is 108 cm³/mol. The molecule has 4 heteroatoms. The molecular weight excluding hydrogens is 310 g/mol. The summed E-state index contributed by atoms with van der Waals surface area (Å²) in [6, 6.07) is 8.69. The summed E-state index contributed by atoms with van der Waals surface area (Å²) in [5.41, 5.74) is 3.89. The summed E-state index contributed by atoms with van der Waals surface area (Å²) in [5, 5.41) is 12.7. The summed E-state index contributed by atoms with van der Waals surface area (Å²) >= 11 is 0. The second-order valence-electron chi connectivity index (χ2n) is 7.12. The first-order valence-electron chi connectivity index (χ1n) is 9.32. The fourth-order valence-electron chi connectivity index (χ4n) is 3.53. The lowest BCUT2D eigenvalue weighted by Gasteiger charge is -2.34. The van der Waals surface area contributed by atoms with Crippen LogP contribution in [0.2, 0.25) is 0 Å². The molecule has 0 spiro atoms. The Morgan fingerprint density at radius 3 is 2.40 bits per heavy atom. The van der Waals surface area contributed by atoms with Crippen LogP contribution in [0, 0.1) is 5.92 Å². The van der Waals surface area contributed by atoms with Gasteiger partial charge in [-0.05, 0) is 31.9 Å². The van der Waals surface area contributed by atoms with Crippen LogP contribution < -0.4 is 15.1 Å². The first kappa shape index (κ1) is 19.5. The number of allylic oxidation sites excluding steroid dienone is 2. The van der Waals surface area contributed by atoms with Crippen LogP contribution in [0.15, 0.2) is 48.6 Å². The van der Waals surface area contributed by atoms with Crippen molar-refractivity contribution >= 4 is 11.4 Å². The van der Waals surface area contributed by atoms with Gasteiger partial charge in [-0.2, -0.15) is 0 Å². The van der Waals surface area contributed by atoms with E-state index in [0.29, 0.717) is 18.6 Å². The monoisotopic (exact) mass is 343 g/mol. The summed E-state index contributed by atoms with van der Waals surface area (Å²) < 4.78 is 0. The third-order valence-corrected chi connectivity index (χ3v) is 4.55. The normalized spacial score (nSPS) is 18.6. The number of benzene rings is 1. The smallest absolute Gasteiger partial charge is 0.105 e. The van der Waals surface area contributed by atoms with Crippen molar-refractivity contribution in [1.29, 1.82) is 0 Å². The van der Waals surface area contributed by atoms with Crippen LogP contribution >= 0.6 is 0 Å². The van der Waals surface area contributed by atoms with E-state index in [1.165, 1.54) is 16.9 Å². The molecule has 1 aromatic rings. The molecule has 25 heavy (non-hydrogen) atoms. The number of fused-ring (bicyclic) bond motifs is 1. The van der Waals surface area contributed by atoms with Gasteiger partial charge < -0.3 is 14.9 Å². The SMILES string of the molecule is C=C/C=C(\CNC(C)O)CC1N(CC)c2ccccc2N1CC(C)C. The van der Waals surface area contributed by atoms with Gasteiger partial charge >= 0.3 is 0 Å². The van der Waals surface area contributed by atoms with Gasteiger partial charge in [0.1, 0.15) is 12.4 Å². The lowest BCUT2D eigenvalue weighted by atomic mass is 10.1. The van der Waals surface area contributed by atoms with E-state index in [1.807, 2.05) is 6.08 Å². The average molecular weight is 344 g/mol. The van der Waals surface area contributed by atoms with E-state index in [9.17, 15) is 5.11 Å². The lowest BCUT2D eigenvalue weighted by molar-refractivity contribution is 0.160. The highest BCUT2D eigenvalue weighted by Gasteiger charge is 2.35. The van der Waals surface area contributed by atoms with Gasteiger partial charge in [0.05, 0.1) is 11.4 Å². The maximum absolute atomic E-state index is 9.56. The highest BCUT2D eigenvalue weighted by atomic mass is 16.3. The number of nitrogens with zero attached hydrogens (tertiary/aromatic N) is 2. The molecule has 0 aromatic heterocycles. The van der Waals surface area contributed by atoms with Gasteiger partial charge in [0.15, 0.2) is 0 Å². The highest BCUT2D eigenvalue weighted by molar-refractivity contribution is 5.77. The Morgan fingerprint density at radius 2 is 1.88 bits per heavy atom. The number of aliphatic hydroxyl groups is 1. The Bertz CT molecular complexity index is 595. The quantitative estimate of drug-likeness (QED) is 0.529. The summed E-state index contributed by atoms with van der Waals surface area (Å²) in [6.07, 6.45) is 4.61. The zero-order valence-electron chi connectivity index (χ0n) is 16.1. The molecule has 0 amide bonds. The Kier molecular flexibility index (Phi) is 7.09. The number of hydrogen-bond acceptors (Lipinski definition) is 4. The van der Waals surface area contributed by atoms with Crippen molar-refractivity contribution in [3.63, 3.8) is 0 Å². The van der Waals surface area contributed by atoms with Crippen molar-refractivity contribution in [2.75, 3.05) is 29.4 Å². The number of hydrogen-bond donors (Lipinski definition) is 2. The molecule has 138 valence electrons.